The Bertz CT molecular complexity index is 3390. The van der Waals surface area contributed by atoms with Gasteiger partial charge in [-0.15, -0.1) is 0 Å². The first kappa shape index (κ1) is 31.3. The molecule has 11 aromatic rings. The average molecular weight is 717 g/mol. The van der Waals surface area contributed by atoms with Gasteiger partial charge in [-0.2, -0.15) is 0 Å². The Hall–Kier alpha value is -7.10. The van der Waals surface area contributed by atoms with E-state index >= 15 is 0 Å². The van der Waals surface area contributed by atoms with Crippen molar-refractivity contribution in [3.05, 3.63) is 187 Å². The summed E-state index contributed by atoms with van der Waals surface area (Å²) in [5, 5.41) is 8.54. The van der Waals surface area contributed by atoms with Crippen LogP contribution in [0.3, 0.4) is 0 Å². The SMILES string of the molecule is CC1CC=Cc2c1n(-c1ccc(-c3ccc(-n4c5ccccc5c5ccc6c7ccccc7oc6c54)cc3)cc1)c1ccc(-c3ccc4ccccc4c3)cc21. The maximum atomic E-state index is 6.57. The Morgan fingerprint density at radius 1 is 0.482 bits per heavy atom. The minimum absolute atomic E-state index is 0.417. The molecule has 0 radical (unpaired) electrons. The van der Waals surface area contributed by atoms with Gasteiger partial charge in [-0.25, -0.2) is 0 Å². The second kappa shape index (κ2) is 11.9. The summed E-state index contributed by atoms with van der Waals surface area (Å²) >= 11 is 0. The van der Waals surface area contributed by atoms with Crippen LogP contribution in [-0.4, -0.2) is 9.13 Å². The van der Waals surface area contributed by atoms with Gasteiger partial charge in [0.05, 0.1) is 16.6 Å². The minimum atomic E-state index is 0.417. The Balaban J connectivity index is 0.935. The van der Waals surface area contributed by atoms with E-state index in [9.17, 15) is 0 Å². The maximum Gasteiger partial charge on any atom is 0.160 e. The number of rotatable bonds is 4. The first-order valence-corrected chi connectivity index (χ1v) is 19.6. The van der Waals surface area contributed by atoms with Crippen molar-refractivity contribution in [2.75, 3.05) is 0 Å². The van der Waals surface area contributed by atoms with Gasteiger partial charge in [-0.1, -0.05) is 128 Å². The molecule has 8 aromatic carbocycles. The monoisotopic (exact) mass is 716 g/mol. The molecule has 0 N–H and O–H groups in total. The van der Waals surface area contributed by atoms with Crippen LogP contribution in [-0.2, 0) is 0 Å². The van der Waals surface area contributed by atoms with Gasteiger partial charge in [0, 0.05) is 55.5 Å². The lowest BCUT2D eigenvalue weighted by Gasteiger charge is -2.19. The van der Waals surface area contributed by atoms with E-state index in [1.807, 2.05) is 6.07 Å². The fourth-order valence-corrected chi connectivity index (χ4v) is 9.43. The van der Waals surface area contributed by atoms with Crippen molar-refractivity contribution in [3.63, 3.8) is 0 Å². The van der Waals surface area contributed by atoms with Gasteiger partial charge in [0.25, 0.3) is 0 Å². The van der Waals surface area contributed by atoms with Gasteiger partial charge >= 0.3 is 0 Å². The topological polar surface area (TPSA) is 23.0 Å². The van der Waals surface area contributed by atoms with Crippen LogP contribution in [0.1, 0.15) is 30.5 Å². The zero-order valence-electron chi connectivity index (χ0n) is 30.9. The van der Waals surface area contributed by atoms with Gasteiger partial charge < -0.3 is 13.6 Å². The molecule has 1 aliphatic rings. The number of fused-ring (bicyclic) bond motifs is 11. The van der Waals surface area contributed by atoms with Crippen molar-refractivity contribution in [1.82, 2.24) is 9.13 Å². The molecule has 3 heteroatoms. The second-order valence-electron chi connectivity index (χ2n) is 15.4. The van der Waals surface area contributed by atoms with E-state index in [2.05, 4.69) is 192 Å². The van der Waals surface area contributed by atoms with Crippen LogP contribution in [0.15, 0.2) is 180 Å². The predicted octanol–water partition coefficient (Wildman–Crippen LogP) is 14.6. The first-order valence-electron chi connectivity index (χ1n) is 19.6. The highest BCUT2D eigenvalue weighted by atomic mass is 16.3. The molecule has 0 amide bonds. The van der Waals surface area contributed by atoms with Crippen LogP contribution in [0.4, 0.5) is 0 Å². The van der Waals surface area contributed by atoms with Crippen LogP contribution >= 0.6 is 0 Å². The van der Waals surface area contributed by atoms with E-state index < -0.39 is 0 Å². The Kier molecular flexibility index (Phi) is 6.67. The molecular weight excluding hydrogens is 681 g/mol. The van der Waals surface area contributed by atoms with E-state index in [0.717, 1.165) is 39.6 Å². The smallest absolute Gasteiger partial charge is 0.160 e. The number of para-hydroxylation sites is 2. The molecule has 1 unspecified atom stereocenters. The molecule has 3 nitrogen and oxygen atoms in total. The van der Waals surface area contributed by atoms with Gasteiger partial charge in [0.15, 0.2) is 5.58 Å². The molecule has 12 rings (SSSR count). The van der Waals surface area contributed by atoms with Crippen molar-refractivity contribution in [1.29, 1.82) is 0 Å². The van der Waals surface area contributed by atoms with Crippen LogP contribution in [0, 0.1) is 0 Å². The second-order valence-corrected chi connectivity index (χ2v) is 15.4. The largest absolute Gasteiger partial charge is 0.454 e. The third-order valence-electron chi connectivity index (χ3n) is 12.1. The quantitative estimate of drug-likeness (QED) is 0.178. The van der Waals surface area contributed by atoms with E-state index in [4.69, 9.17) is 4.42 Å². The van der Waals surface area contributed by atoms with Crippen molar-refractivity contribution in [3.8, 4) is 33.6 Å². The fourth-order valence-electron chi connectivity index (χ4n) is 9.43. The number of hydrogen-bond donors (Lipinski definition) is 0. The summed E-state index contributed by atoms with van der Waals surface area (Å²) in [4.78, 5) is 0. The molecule has 3 heterocycles. The van der Waals surface area contributed by atoms with E-state index in [0.29, 0.717) is 5.92 Å². The molecule has 0 aliphatic heterocycles. The number of nitrogens with zero attached hydrogens (tertiary/aromatic N) is 2. The first-order chi connectivity index (χ1) is 27.7. The van der Waals surface area contributed by atoms with Crippen LogP contribution in [0.2, 0.25) is 0 Å². The summed E-state index contributed by atoms with van der Waals surface area (Å²) in [5.41, 5.74) is 15.3. The third kappa shape index (κ3) is 4.58. The average Bonchev–Trinajstić information content (AvgIpc) is 3.92. The normalized spacial score (nSPS) is 14.2. The highest BCUT2D eigenvalue weighted by Gasteiger charge is 2.24. The van der Waals surface area contributed by atoms with E-state index in [1.54, 1.807) is 0 Å². The number of benzene rings is 8. The third-order valence-corrected chi connectivity index (χ3v) is 12.1. The number of allylic oxidation sites excluding steroid dienone is 1. The molecule has 0 fully saturated rings. The molecule has 1 atom stereocenters. The van der Waals surface area contributed by atoms with Crippen molar-refractivity contribution >= 4 is 71.5 Å². The highest BCUT2D eigenvalue weighted by Crippen LogP contribution is 2.43. The summed E-state index contributed by atoms with van der Waals surface area (Å²) in [5.74, 6) is 0.417. The van der Waals surface area contributed by atoms with Gasteiger partial charge in [-0.3, -0.25) is 0 Å². The van der Waals surface area contributed by atoms with E-state index in [1.165, 1.54) is 77.2 Å². The van der Waals surface area contributed by atoms with Gasteiger partial charge in [-0.05, 0) is 100 Å². The molecular formula is C53H36N2O. The Morgan fingerprint density at radius 3 is 1.93 bits per heavy atom. The number of hydrogen-bond acceptors (Lipinski definition) is 1. The molecule has 0 saturated heterocycles. The summed E-state index contributed by atoms with van der Waals surface area (Å²) in [6.45, 7) is 2.36. The molecule has 56 heavy (non-hydrogen) atoms. The lowest BCUT2D eigenvalue weighted by molar-refractivity contribution is 0.671. The van der Waals surface area contributed by atoms with Crippen molar-refractivity contribution in [2.24, 2.45) is 0 Å². The zero-order valence-corrected chi connectivity index (χ0v) is 30.9. The van der Waals surface area contributed by atoms with Crippen LogP contribution < -0.4 is 0 Å². The van der Waals surface area contributed by atoms with Gasteiger partial charge in [0.1, 0.15) is 5.58 Å². The minimum Gasteiger partial charge on any atom is -0.454 e. The number of furan rings is 1. The summed E-state index contributed by atoms with van der Waals surface area (Å²) in [6.07, 6.45) is 5.72. The van der Waals surface area contributed by atoms with Crippen LogP contribution in [0.25, 0.3) is 105 Å². The summed E-state index contributed by atoms with van der Waals surface area (Å²) in [6, 6.07) is 61.9. The Morgan fingerprint density at radius 2 is 1.11 bits per heavy atom. The van der Waals surface area contributed by atoms with Crippen LogP contribution in [0.5, 0.6) is 0 Å². The number of aromatic nitrogens is 2. The highest BCUT2D eigenvalue weighted by molar-refractivity contribution is 6.21. The summed E-state index contributed by atoms with van der Waals surface area (Å²) in [7, 11) is 0. The van der Waals surface area contributed by atoms with E-state index in [-0.39, 0.29) is 0 Å². The molecule has 1 aliphatic carbocycles. The maximum absolute atomic E-state index is 6.57. The molecule has 264 valence electrons. The Labute approximate surface area is 324 Å². The van der Waals surface area contributed by atoms with Crippen molar-refractivity contribution in [2.45, 2.75) is 19.3 Å². The molecule has 0 saturated carbocycles. The standard InChI is InChI=1S/C53H36N2O/c1-33-9-8-14-44-47-32-39(38-18-17-34-10-2-3-11-37(34)31-38)23-30-49(47)54(51(33)44)40-24-19-35(20-25-40)36-21-26-41(27-22-36)55-48-15-6-4-12-42(48)45-28-29-46-43-13-5-7-16-50(43)56-53(46)52(45)55/h2-8,10-33H,9H2,1H3. The fraction of sp³-hybridized carbons (Fsp3) is 0.0566. The van der Waals surface area contributed by atoms with Crippen molar-refractivity contribution < 1.29 is 4.42 Å². The predicted molar refractivity (Wildman–Crippen MR) is 235 cm³/mol. The lowest BCUT2D eigenvalue weighted by Crippen LogP contribution is -2.06. The zero-order chi connectivity index (χ0) is 36.9. The molecule has 0 bridgehead atoms. The van der Waals surface area contributed by atoms with Gasteiger partial charge in [0.2, 0.25) is 0 Å². The molecule has 3 aromatic heterocycles. The molecule has 0 spiro atoms. The summed E-state index contributed by atoms with van der Waals surface area (Å²) < 4.78 is 11.4. The lowest BCUT2D eigenvalue weighted by atomic mass is 9.92.